The van der Waals surface area contributed by atoms with Gasteiger partial charge < -0.3 is 15.2 Å². The summed E-state index contributed by atoms with van der Waals surface area (Å²) in [5, 5.41) is 4.05. The maximum Gasteiger partial charge on any atom is 0.260 e. The molecule has 1 aliphatic rings. The molecule has 0 amide bonds. The van der Waals surface area contributed by atoms with Crippen molar-refractivity contribution in [1.82, 2.24) is 15.0 Å². The van der Waals surface area contributed by atoms with Crippen molar-refractivity contribution in [1.29, 1.82) is 0 Å². The monoisotopic (exact) mass is 272 g/mol. The fourth-order valence-corrected chi connectivity index (χ4v) is 2.60. The smallest absolute Gasteiger partial charge is 0.260 e. The molecule has 1 fully saturated rings. The van der Waals surface area contributed by atoms with E-state index in [2.05, 4.69) is 15.0 Å². The van der Waals surface area contributed by atoms with Crippen LogP contribution in [0.2, 0.25) is 0 Å². The highest BCUT2D eigenvalue weighted by Gasteiger charge is 2.14. The predicted octanol–water partition coefficient (Wildman–Crippen LogP) is 2.35. The van der Waals surface area contributed by atoms with Crippen LogP contribution >= 0.6 is 0 Å². The van der Waals surface area contributed by atoms with E-state index in [0.717, 1.165) is 24.4 Å². The van der Waals surface area contributed by atoms with Crippen molar-refractivity contribution < 1.29 is 4.52 Å². The molecule has 20 heavy (non-hydrogen) atoms. The first-order chi connectivity index (χ1) is 9.83. The van der Waals surface area contributed by atoms with Crippen molar-refractivity contribution in [2.75, 3.05) is 25.4 Å². The number of nitrogen functional groups attached to an aromatic ring is 1. The lowest BCUT2D eigenvalue weighted by molar-refractivity contribution is 0.229. The van der Waals surface area contributed by atoms with Gasteiger partial charge in [-0.05, 0) is 38.1 Å². The molecule has 3 rings (SSSR count). The molecular formula is C15H20N4O. The first-order valence-electron chi connectivity index (χ1n) is 7.23. The predicted molar refractivity (Wildman–Crippen MR) is 78.1 cm³/mol. The van der Waals surface area contributed by atoms with Crippen LogP contribution in [0, 0.1) is 0 Å². The number of para-hydroxylation sites is 1. The molecule has 0 bridgehead atoms. The lowest BCUT2D eigenvalue weighted by Crippen LogP contribution is -2.31. The maximum absolute atomic E-state index is 5.92. The molecule has 5 heteroatoms. The van der Waals surface area contributed by atoms with Gasteiger partial charge in [0, 0.05) is 18.7 Å². The summed E-state index contributed by atoms with van der Waals surface area (Å²) in [6.07, 6.45) is 4.79. The molecule has 1 aromatic carbocycles. The van der Waals surface area contributed by atoms with E-state index in [0.29, 0.717) is 11.6 Å². The van der Waals surface area contributed by atoms with E-state index in [1.54, 1.807) is 0 Å². The molecule has 2 aromatic rings. The molecular weight excluding hydrogens is 252 g/mol. The van der Waals surface area contributed by atoms with E-state index in [1.807, 2.05) is 24.3 Å². The van der Waals surface area contributed by atoms with Crippen LogP contribution < -0.4 is 5.73 Å². The van der Waals surface area contributed by atoms with Gasteiger partial charge in [0.2, 0.25) is 0 Å². The maximum atomic E-state index is 5.92. The molecule has 0 saturated carbocycles. The average molecular weight is 272 g/mol. The molecule has 0 spiro atoms. The molecule has 1 saturated heterocycles. The normalized spacial score (nSPS) is 16.4. The van der Waals surface area contributed by atoms with Crippen molar-refractivity contribution in [2.45, 2.75) is 25.7 Å². The summed E-state index contributed by atoms with van der Waals surface area (Å²) in [6, 6.07) is 7.56. The second-order valence-corrected chi connectivity index (χ2v) is 5.26. The first kappa shape index (κ1) is 13.1. The highest BCUT2D eigenvalue weighted by atomic mass is 16.5. The van der Waals surface area contributed by atoms with Gasteiger partial charge >= 0.3 is 0 Å². The van der Waals surface area contributed by atoms with Crippen LogP contribution in [0.5, 0.6) is 0 Å². The van der Waals surface area contributed by atoms with Gasteiger partial charge in [-0.15, -0.1) is 0 Å². The van der Waals surface area contributed by atoms with Gasteiger partial charge in [-0.1, -0.05) is 23.7 Å². The summed E-state index contributed by atoms with van der Waals surface area (Å²) < 4.78 is 5.31. The van der Waals surface area contributed by atoms with E-state index in [-0.39, 0.29) is 0 Å². The Kier molecular flexibility index (Phi) is 3.97. The molecule has 0 atom stereocenters. The minimum absolute atomic E-state index is 0.511. The van der Waals surface area contributed by atoms with Crippen molar-refractivity contribution >= 4 is 5.69 Å². The Morgan fingerprint density at radius 3 is 2.75 bits per heavy atom. The van der Waals surface area contributed by atoms with Crippen LogP contribution in [-0.2, 0) is 6.42 Å². The zero-order valence-electron chi connectivity index (χ0n) is 11.6. The number of aromatic nitrogens is 2. The third-order valence-corrected chi connectivity index (χ3v) is 3.76. The Bertz CT molecular complexity index is 561. The molecule has 2 heterocycles. The van der Waals surface area contributed by atoms with Gasteiger partial charge in [0.25, 0.3) is 5.89 Å². The SMILES string of the molecule is Nc1ccccc1-c1nc(CCN2CCCCC2)no1. The molecule has 5 nitrogen and oxygen atoms in total. The minimum atomic E-state index is 0.511. The van der Waals surface area contributed by atoms with E-state index in [4.69, 9.17) is 10.3 Å². The Labute approximate surface area is 118 Å². The van der Waals surface area contributed by atoms with Crippen LogP contribution in [0.1, 0.15) is 25.1 Å². The van der Waals surface area contributed by atoms with Crippen molar-refractivity contribution in [3.63, 3.8) is 0 Å². The number of benzene rings is 1. The Morgan fingerprint density at radius 1 is 1.15 bits per heavy atom. The number of nitrogens with two attached hydrogens (primary N) is 1. The number of anilines is 1. The number of piperidine rings is 1. The zero-order valence-corrected chi connectivity index (χ0v) is 11.6. The Morgan fingerprint density at radius 2 is 1.95 bits per heavy atom. The summed E-state index contributed by atoms with van der Waals surface area (Å²) in [7, 11) is 0. The summed E-state index contributed by atoms with van der Waals surface area (Å²) in [5.74, 6) is 1.27. The number of hydrogen-bond donors (Lipinski definition) is 1. The third kappa shape index (κ3) is 2.99. The van der Waals surface area contributed by atoms with Gasteiger partial charge in [-0.3, -0.25) is 0 Å². The quantitative estimate of drug-likeness (QED) is 0.865. The van der Waals surface area contributed by atoms with Gasteiger partial charge in [-0.2, -0.15) is 4.98 Å². The molecule has 0 unspecified atom stereocenters. The van der Waals surface area contributed by atoms with Crippen molar-refractivity contribution in [3.05, 3.63) is 30.1 Å². The number of likely N-dealkylation sites (tertiary alicyclic amines) is 1. The summed E-state index contributed by atoms with van der Waals surface area (Å²) in [5.41, 5.74) is 7.39. The van der Waals surface area contributed by atoms with Crippen molar-refractivity contribution in [3.8, 4) is 11.5 Å². The van der Waals surface area contributed by atoms with Crippen LogP contribution in [0.15, 0.2) is 28.8 Å². The first-order valence-corrected chi connectivity index (χ1v) is 7.23. The number of hydrogen-bond acceptors (Lipinski definition) is 5. The molecule has 0 radical (unpaired) electrons. The van der Waals surface area contributed by atoms with E-state index in [1.165, 1.54) is 32.4 Å². The van der Waals surface area contributed by atoms with Gasteiger partial charge in [0.1, 0.15) is 0 Å². The fraction of sp³-hybridized carbons (Fsp3) is 0.467. The standard InChI is InChI=1S/C15H20N4O/c16-13-7-3-2-6-12(13)15-17-14(18-20-15)8-11-19-9-4-1-5-10-19/h2-3,6-7H,1,4-5,8-11,16H2. The summed E-state index contributed by atoms with van der Waals surface area (Å²) in [6.45, 7) is 3.38. The summed E-state index contributed by atoms with van der Waals surface area (Å²) in [4.78, 5) is 6.91. The van der Waals surface area contributed by atoms with Crippen LogP contribution in [0.25, 0.3) is 11.5 Å². The second kappa shape index (κ2) is 6.05. The average Bonchev–Trinajstić information content (AvgIpc) is 2.95. The number of rotatable bonds is 4. The molecule has 2 N–H and O–H groups in total. The molecule has 1 aliphatic heterocycles. The van der Waals surface area contributed by atoms with Gasteiger partial charge in [0.05, 0.1) is 5.56 Å². The van der Waals surface area contributed by atoms with E-state index in [9.17, 15) is 0 Å². The zero-order chi connectivity index (χ0) is 13.8. The largest absolute Gasteiger partial charge is 0.398 e. The second-order valence-electron chi connectivity index (χ2n) is 5.26. The fourth-order valence-electron chi connectivity index (χ4n) is 2.60. The topological polar surface area (TPSA) is 68.2 Å². The van der Waals surface area contributed by atoms with Gasteiger partial charge in [0.15, 0.2) is 5.82 Å². The molecule has 0 aliphatic carbocycles. The Hall–Kier alpha value is -1.88. The highest BCUT2D eigenvalue weighted by molar-refractivity contribution is 5.69. The Balaban J connectivity index is 1.63. The van der Waals surface area contributed by atoms with Crippen LogP contribution in [0.4, 0.5) is 5.69 Å². The van der Waals surface area contributed by atoms with Crippen LogP contribution in [-0.4, -0.2) is 34.7 Å². The third-order valence-electron chi connectivity index (χ3n) is 3.76. The van der Waals surface area contributed by atoms with E-state index >= 15 is 0 Å². The molecule has 106 valence electrons. The lowest BCUT2D eigenvalue weighted by atomic mass is 10.1. The van der Waals surface area contributed by atoms with Crippen LogP contribution in [0.3, 0.4) is 0 Å². The molecule has 1 aromatic heterocycles. The van der Waals surface area contributed by atoms with Gasteiger partial charge in [-0.25, -0.2) is 0 Å². The lowest BCUT2D eigenvalue weighted by Gasteiger charge is -2.25. The highest BCUT2D eigenvalue weighted by Crippen LogP contribution is 2.23. The van der Waals surface area contributed by atoms with Crippen molar-refractivity contribution in [2.24, 2.45) is 0 Å². The summed E-state index contributed by atoms with van der Waals surface area (Å²) >= 11 is 0. The minimum Gasteiger partial charge on any atom is -0.398 e. The number of nitrogens with zero attached hydrogens (tertiary/aromatic N) is 3. The van der Waals surface area contributed by atoms with E-state index < -0.39 is 0 Å².